The van der Waals surface area contributed by atoms with Gasteiger partial charge in [0.2, 0.25) is 0 Å². The summed E-state index contributed by atoms with van der Waals surface area (Å²) < 4.78 is 5.13. The Labute approximate surface area is 134 Å². The van der Waals surface area contributed by atoms with E-state index in [1.54, 1.807) is 40.1 Å². The number of benzene rings is 1. The number of amides is 2. The van der Waals surface area contributed by atoms with Crippen LogP contribution in [0.25, 0.3) is 0 Å². The lowest BCUT2D eigenvalue weighted by molar-refractivity contribution is 0.0518. The summed E-state index contributed by atoms with van der Waals surface area (Å²) in [5.74, 6) is 0.169. The van der Waals surface area contributed by atoms with E-state index in [0.29, 0.717) is 43.2 Å². The van der Waals surface area contributed by atoms with Gasteiger partial charge in [0.1, 0.15) is 0 Å². The molecule has 0 unspecified atom stereocenters. The number of aryl methyl sites for hydroxylation is 1. The van der Waals surface area contributed by atoms with Gasteiger partial charge in [0.05, 0.1) is 6.26 Å². The van der Waals surface area contributed by atoms with E-state index in [2.05, 4.69) is 0 Å². The van der Waals surface area contributed by atoms with Crippen molar-refractivity contribution >= 4 is 17.5 Å². The molecule has 1 aliphatic rings. The van der Waals surface area contributed by atoms with Gasteiger partial charge in [-0.05, 0) is 42.8 Å². The summed E-state index contributed by atoms with van der Waals surface area (Å²) in [5, 5.41) is 0. The highest BCUT2D eigenvalue weighted by Crippen LogP contribution is 2.16. The van der Waals surface area contributed by atoms with Crippen LogP contribution in [0.4, 0.5) is 5.69 Å². The number of carbonyl (C=O) groups excluding carboxylic acids is 2. The van der Waals surface area contributed by atoms with Gasteiger partial charge in [0.15, 0.2) is 5.76 Å². The average molecular weight is 313 g/mol. The number of anilines is 1. The van der Waals surface area contributed by atoms with Gasteiger partial charge in [0.25, 0.3) is 11.8 Å². The Morgan fingerprint density at radius 2 is 1.70 bits per heavy atom. The van der Waals surface area contributed by atoms with Gasteiger partial charge >= 0.3 is 0 Å². The van der Waals surface area contributed by atoms with Crippen LogP contribution >= 0.6 is 0 Å². The number of hydrogen-bond donors (Lipinski definition) is 1. The summed E-state index contributed by atoms with van der Waals surface area (Å²) in [6.07, 6.45) is 1.48. The molecule has 0 radical (unpaired) electrons. The number of nitrogens with two attached hydrogens (primary N) is 1. The van der Waals surface area contributed by atoms with Gasteiger partial charge < -0.3 is 20.0 Å². The minimum Gasteiger partial charge on any atom is -0.459 e. The summed E-state index contributed by atoms with van der Waals surface area (Å²) in [7, 11) is 0. The highest BCUT2D eigenvalue weighted by molar-refractivity contribution is 5.95. The molecule has 120 valence electrons. The van der Waals surface area contributed by atoms with Crippen LogP contribution in [0.1, 0.15) is 26.5 Å². The quantitative estimate of drug-likeness (QED) is 0.857. The smallest absolute Gasteiger partial charge is 0.289 e. The predicted octanol–water partition coefficient (Wildman–Crippen LogP) is 1.77. The van der Waals surface area contributed by atoms with E-state index in [0.717, 1.165) is 5.56 Å². The molecular formula is C17H19N3O3. The standard InChI is InChI=1S/C17H19N3O3/c1-12-11-13(4-5-14(12)18)16(21)19-6-8-20(9-7-19)17(22)15-3-2-10-23-15/h2-5,10-11H,6-9,18H2,1H3. The van der Waals surface area contributed by atoms with Crippen molar-refractivity contribution in [2.24, 2.45) is 0 Å². The van der Waals surface area contributed by atoms with Crippen molar-refractivity contribution in [1.82, 2.24) is 9.80 Å². The summed E-state index contributed by atoms with van der Waals surface area (Å²) in [6, 6.07) is 8.63. The van der Waals surface area contributed by atoms with Crippen LogP contribution in [0.3, 0.4) is 0 Å². The van der Waals surface area contributed by atoms with E-state index >= 15 is 0 Å². The SMILES string of the molecule is Cc1cc(C(=O)N2CCN(C(=O)c3ccco3)CC2)ccc1N. The number of nitrogens with zero attached hydrogens (tertiary/aromatic N) is 2. The van der Waals surface area contributed by atoms with Crippen LogP contribution in [0, 0.1) is 6.92 Å². The molecule has 2 aromatic rings. The first-order valence-electron chi connectivity index (χ1n) is 7.54. The molecule has 1 aromatic heterocycles. The van der Waals surface area contributed by atoms with E-state index < -0.39 is 0 Å². The monoisotopic (exact) mass is 313 g/mol. The maximum absolute atomic E-state index is 12.5. The van der Waals surface area contributed by atoms with E-state index in [-0.39, 0.29) is 11.8 Å². The Morgan fingerprint density at radius 3 is 2.26 bits per heavy atom. The average Bonchev–Trinajstić information content (AvgIpc) is 3.11. The molecule has 6 heteroatoms. The van der Waals surface area contributed by atoms with Gasteiger partial charge in [-0.3, -0.25) is 9.59 Å². The zero-order chi connectivity index (χ0) is 16.4. The van der Waals surface area contributed by atoms with Crippen LogP contribution in [-0.2, 0) is 0 Å². The summed E-state index contributed by atoms with van der Waals surface area (Å²) in [6.45, 7) is 3.90. The fourth-order valence-electron chi connectivity index (χ4n) is 2.66. The zero-order valence-corrected chi connectivity index (χ0v) is 13.0. The van der Waals surface area contributed by atoms with Crippen molar-refractivity contribution in [2.75, 3.05) is 31.9 Å². The van der Waals surface area contributed by atoms with Crippen LogP contribution in [0.5, 0.6) is 0 Å². The summed E-state index contributed by atoms with van der Waals surface area (Å²) >= 11 is 0. The number of carbonyl (C=O) groups is 2. The van der Waals surface area contributed by atoms with Crippen LogP contribution in [-0.4, -0.2) is 47.8 Å². The molecule has 0 atom stereocenters. The van der Waals surface area contributed by atoms with Crippen molar-refractivity contribution < 1.29 is 14.0 Å². The highest BCUT2D eigenvalue weighted by atomic mass is 16.3. The maximum atomic E-state index is 12.5. The second-order valence-corrected chi connectivity index (χ2v) is 5.63. The van der Waals surface area contributed by atoms with E-state index in [1.807, 2.05) is 6.92 Å². The first-order chi connectivity index (χ1) is 11.1. The van der Waals surface area contributed by atoms with Crippen LogP contribution < -0.4 is 5.73 Å². The van der Waals surface area contributed by atoms with Gasteiger partial charge in [-0.2, -0.15) is 0 Å². The molecule has 2 amide bonds. The molecule has 6 nitrogen and oxygen atoms in total. The Kier molecular flexibility index (Phi) is 4.06. The first kappa shape index (κ1) is 15.1. The molecule has 1 fully saturated rings. The molecule has 1 aliphatic heterocycles. The molecule has 23 heavy (non-hydrogen) atoms. The fourth-order valence-corrected chi connectivity index (χ4v) is 2.66. The van der Waals surface area contributed by atoms with E-state index in [4.69, 9.17) is 10.2 Å². The lowest BCUT2D eigenvalue weighted by Crippen LogP contribution is -2.50. The molecular weight excluding hydrogens is 294 g/mol. The lowest BCUT2D eigenvalue weighted by Gasteiger charge is -2.34. The molecule has 1 aromatic carbocycles. The molecule has 0 bridgehead atoms. The second kappa shape index (κ2) is 6.16. The molecule has 3 rings (SSSR count). The number of nitrogen functional groups attached to an aromatic ring is 1. The van der Waals surface area contributed by atoms with E-state index in [9.17, 15) is 9.59 Å². The van der Waals surface area contributed by atoms with Gasteiger partial charge in [0, 0.05) is 37.4 Å². The number of furan rings is 1. The van der Waals surface area contributed by atoms with Gasteiger partial charge in [-0.1, -0.05) is 0 Å². The Balaban J connectivity index is 1.63. The second-order valence-electron chi connectivity index (χ2n) is 5.63. The molecule has 2 N–H and O–H groups in total. The minimum atomic E-state index is -0.134. The van der Waals surface area contributed by atoms with Crippen molar-refractivity contribution in [3.05, 3.63) is 53.5 Å². The Bertz CT molecular complexity index is 717. The van der Waals surface area contributed by atoms with Crippen molar-refractivity contribution in [2.45, 2.75) is 6.92 Å². The molecule has 2 heterocycles. The number of piperazine rings is 1. The van der Waals surface area contributed by atoms with Crippen molar-refractivity contribution in [3.8, 4) is 0 Å². The first-order valence-corrected chi connectivity index (χ1v) is 7.54. The van der Waals surface area contributed by atoms with Gasteiger partial charge in [-0.25, -0.2) is 0 Å². The summed E-state index contributed by atoms with van der Waals surface area (Å²) in [4.78, 5) is 28.2. The third-order valence-corrected chi connectivity index (χ3v) is 4.10. The van der Waals surface area contributed by atoms with Crippen molar-refractivity contribution in [3.63, 3.8) is 0 Å². The molecule has 1 saturated heterocycles. The topological polar surface area (TPSA) is 79.8 Å². The predicted molar refractivity (Wildman–Crippen MR) is 86.1 cm³/mol. The third kappa shape index (κ3) is 3.06. The molecule has 0 saturated carbocycles. The lowest BCUT2D eigenvalue weighted by atomic mass is 10.1. The normalized spacial score (nSPS) is 14.8. The van der Waals surface area contributed by atoms with Gasteiger partial charge in [-0.15, -0.1) is 0 Å². The van der Waals surface area contributed by atoms with Crippen LogP contribution in [0.2, 0.25) is 0 Å². The van der Waals surface area contributed by atoms with Crippen molar-refractivity contribution in [1.29, 1.82) is 0 Å². The minimum absolute atomic E-state index is 0.0294. The maximum Gasteiger partial charge on any atom is 0.289 e. The Hall–Kier alpha value is -2.76. The highest BCUT2D eigenvalue weighted by Gasteiger charge is 2.26. The van der Waals surface area contributed by atoms with E-state index in [1.165, 1.54) is 6.26 Å². The molecule has 0 aliphatic carbocycles. The largest absolute Gasteiger partial charge is 0.459 e. The third-order valence-electron chi connectivity index (χ3n) is 4.10. The summed E-state index contributed by atoms with van der Waals surface area (Å²) in [5.41, 5.74) is 7.98. The number of rotatable bonds is 2. The van der Waals surface area contributed by atoms with Crippen LogP contribution in [0.15, 0.2) is 41.0 Å². The number of hydrogen-bond acceptors (Lipinski definition) is 4. The fraction of sp³-hybridized carbons (Fsp3) is 0.294. The Morgan fingerprint density at radius 1 is 1.04 bits per heavy atom. The molecule has 0 spiro atoms. The zero-order valence-electron chi connectivity index (χ0n) is 13.0.